The minimum atomic E-state index is -0.469. The summed E-state index contributed by atoms with van der Waals surface area (Å²) in [6, 6.07) is 15.5. The lowest BCUT2D eigenvalue weighted by Crippen LogP contribution is -2.31. The maximum absolute atomic E-state index is 12.3. The second-order valence-electron chi connectivity index (χ2n) is 6.62. The molecule has 31 heavy (non-hydrogen) atoms. The van der Waals surface area contributed by atoms with Crippen LogP contribution in [0.1, 0.15) is 28.3 Å². The first-order valence-corrected chi connectivity index (χ1v) is 10.6. The van der Waals surface area contributed by atoms with Crippen LogP contribution in [-0.2, 0) is 14.3 Å². The standard InChI is InChI=1S/C22H18ClN3O4S/c1-30-22(29)14-7-5-13(6-8-14)17-10-19(27)26-21(18(17)11-24)31-12-20(28)25-16-4-2-3-15(23)9-16/h2-9,17H,10,12H2,1H3,(H,25,28)(H,26,27)/t17-/m1/s1. The Morgan fingerprint density at radius 3 is 2.68 bits per heavy atom. The Hall–Kier alpha value is -3.28. The summed E-state index contributed by atoms with van der Waals surface area (Å²) < 4.78 is 4.69. The molecule has 1 aliphatic heterocycles. The summed E-state index contributed by atoms with van der Waals surface area (Å²) in [5, 5.41) is 16.0. The first-order chi connectivity index (χ1) is 14.9. The van der Waals surface area contributed by atoms with Crippen LogP contribution >= 0.6 is 23.4 Å². The molecule has 1 heterocycles. The topological polar surface area (TPSA) is 108 Å². The van der Waals surface area contributed by atoms with Crippen molar-refractivity contribution in [3.63, 3.8) is 0 Å². The van der Waals surface area contributed by atoms with E-state index in [0.29, 0.717) is 26.9 Å². The van der Waals surface area contributed by atoms with Crippen LogP contribution in [0.4, 0.5) is 5.69 Å². The number of carbonyl (C=O) groups excluding carboxylic acids is 3. The Balaban J connectivity index is 1.75. The van der Waals surface area contributed by atoms with Crippen LogP contribution < -0.4 is 10.6 Å². The molecule has 2 aromatic rings. The third kappa shape index (κ3) is 5.66. The van der Waals surface area contributed by atoms with Gasteiger partial charge in [0.15, 0.2) is 0 Å². The van der Waals surface area contributed by atoms with Gasteiger partial charge in [0.2, 0.25) is 11.8 Å². The SMILES string of the molecule is COC(=O)c1ccc([C@H]2CC(=O)NC(SCC(=O)Nc3cccc(Cl)c3)=C2C#N)cc1. The molecule has 0 radical (unpaired) electrons. The summed E-state index contributed by atoms with van der Waals surface area (Å²) in [6.45, 7) is 0. The highest BCUT2D eigenvalue weighted by atomic mass is 35.5. The number of thioether (sulfide) groups is 1. The molecule has 158 valence electrons. The fourth-order valence-corrected chi connectivity index (χ4v) is 4.16. The van der Waals surface area contributed by atoms with Crippen molar-refractivity contribution in [1.29, 1.82) is 5.26 Å². The van der Waals surface area contributed by atoms with Crippen molar-refractivity contribution in [3.8, 4) is 6.07 Å². The minimum absolute atomic E-state index is 0.00129. The van der Waals surface area contributed by atoms with Crippen molar-refractivity contribution >= 4 is 46.8 Å². The number of nitrogens with zero attached hydrogens (tertiary/aromatic N) is 1. The molecule has 0 unspecified atom stereocenters. The molecule has 0 spiro atoms. The van der Waals surface area contributed by atoms with Gasteiger partial charge in [-0.3, -0.25) is 9.59 Å². The maximum Gasteiger partial charge on any atom is 0.337 e. The lowest BCUT2D eigenvalue weighted by molar-refractivity contribution is -0.121. The Morgan fingerprint density at radius 2 is 2.03 bits per heavy atom. The number of hydrogen-bond donors (Lipinski definition) is 2. The van der Waals surface area contributed by atoms with Crippen molar-refractivity contribution in [2.75, 3.05) is 18.2 Å². The van der Waals surface area contributed by atoms with E-state index in [0.717, 1.165) is 17.3 Å². The van der Waals surface area contributed by atoms with Gasteiger partial charge in [-0.1, -0.05) is 41.6 Å². The van der Waals surface area contributed by atoms with E-state index < -0.39 is 11.9 Å². The summed E-state index contributed by atoms with van der Waals surface area (Å²) in [6.07, 6.45) is 0.0965. The van der Waals surface area contributed by atoms with Crippen LogP contribution in [0.2, 0.25) is 5.02 Å². The van der Waals surface area contributed by atoms with Gasteiger partial charge in [0.05, 0.1) is 35.1 Å². The van der Waals surface area contributed by atoms with Crippen LogP contribution in [-0.4, -0.2) is 30.6 Å². The van der Waals surface area contributed by atoms with Gasteiger partial charge >= 0.3 is 5.97 Å². The smallest absolute Gasteiger partial charge is 0.337 e. The molecule has 0 aromatic heterocycles. The van der Waals surface area contributed by atoms with Crippen LogP contribution in [0, 0.1) is 11.3 Å². The van der Waals surface area contributed by atoms with Gasteiger partial charge in [-0.15, -0.1) is 0 Å². The molecule has 0 fully saturated rings. The lowest BCUT2D eigenvalue weighted by atomic mass is 9.87. The van der Waals surface area contributed by atoms with Crippen LogP contribution in [0.25, 0.3) is 0 Å². The zero-order valence-electron chi connectivity index (χ0n) is 16.5. The molecule has 2 N–H and O–H groups in total. The Labute approximate surface area is 188 Å². The maximum atomic E-state index is 12.3. The van der Waals surface area contributed by atoms with E-state index in [-0.39, 0.29) is 24.0 Å². The molecule has 0 saturated carbocycles. The second kappa shape index (κ2) is 10.2. The highest BCUT2D eigenvalue weighted by Gasteiger charge is 2.30. The molecule has 0 saturated heterocycles. The van der Waals surface area contributed by atoms with Crippen molar-refractivity contribution < 1.29 is 19.1 Å². The fourth-order valence-electron chi connectivity index (χ4n) is 3.09. The normalized spacial score (nSPS) is 15.6. The summed E-state index contributed by atoms with van der Waals surface area (Å²) in [7, 11) is 1.30. The number of carbonyl (C=O) groups is 3. The lowest BCUT2D eigenvalue weighted by Gasteiger charge is -2.25. The average molecular weight is 456 g/mol. The summed E-state index contributed by atoms with van der Waals surface area (Å²) >= 11 is 7.00. The number of hydrogen-bond acceptors (Lipinski definition) is 6. The molecule has 2 aromatic carbocycles. The van der Waals surface area contributed by atoms with Crippen molar-refractivity contribution in [3.05, 3.63) is 75.3 Å². The van der Waals surface area contributed by atoms with E-state index in [1.165, 1.54) is 7.11 Å². The molecule has 3 rings (SSSR count). The summed E-state index contributed by atoms with van der Waals surface area (Å²) in [5.74, 6) is -1.48. The third-order valence-electron chi connectivity index (χ3n) is 4.55. The number of ether oxygens (including phenoxy) is 1. The number of nitrogens with one attached hydrogen (secondary N) is 2. The number of allylic oxidation sites excluding steroid dienone is 1. The molecule has 9 heteroatoms. The monoisotopic (exact) mass is 455 g/mol. The molecule has 0 aliphatic carbocycles. The van der Waals surface area contributed by atoms with Crippen molar-refractivity contribution in [2.24, 2.45) is 0 Å². The Morgan fingerprint density at radius 1 is 1.29 bits per heavy atom. The Bertz CT molecular complexity index is 1090. The van der Waals surface area contributed by atoms with Crippen molar-refractivity contribution in [2.45, 2.75) is 12.3 Å². The highest BCUT2D eigenvalue weighted by molar-refractivity contribution is 8.03. The van der Waals surface area contributed by atoms with Gasteiger partial charge in [-0.05, 0) is 35.9 Å². The molecule has 2 amide bonds. The van der Waals surface area contributed by atoms with Gasteiger partial charge in [-0.25, -0.2) is 4.79 Å². The molecular formula is C22H18ClN3O4S. The van der Waals surface area contributed by atoms with E-state index in [2.05, 4.69) is 21.4 Å². The third-order valence-corrected chi connectivity index (χ3v) is 5.80. The van der Waals surface area contributed by atoms with Gasteiger partial charge in [0, 0.05) is 23.0 Å². The molecule has 1 atom stereocenters. The van der Waals surface area contributed by atoms with Gasteiger partial charge in [0.25, 0.3) is 0 Å². The van der Waals surface area contributed by atoms with Gasteiger partial charge < -0.3 is 15.4 Å². The number of benzene rings is 2. The van der Waals surface area contributed by atoms with Gasteiger partial charge in [-0.2, -0.15) is 5.26 Å². The Kier molecular flexibility index (Phi) is 7.34. The second-order valence-corrected chi connectivity index (χ2v) is 8.04. The van der Waals surface area contributed by atoms with Crippen LogP contribution in [0.5, 0.6) is 0 Å². The van der Waals surface area contributed by atoms with E-state index >= 15 is 0 Å². The molecular weight excluding hydrogens is 438 g/mol. The summed E-state index contributed by atoms with van der Waals surface area (Å²) in [5.41, 5.74) is 2.02. The van der Waals surface area contributed by atoms with Crippen LogP contribution in [0.3, 0.4) is 0 Å². The first kappa shape index (κ1) is 22.4. The average Bonchev–Trinajstić information content (AvgIpc) is 2.77. The minimum Gasteiger partial charge on any atom is -0.465 e. The van der Waals surface area contributed by atoms with E-state index in [4.69, 9.17) is 11.6 Å². The molecule has 0 bridgehead atoms. The fraction of sp³-hybridized carbons (Fsp3) is 0.182. The largest absolute Gasteiger partial charge is 0.465 e. The van der Waals surface area contributed by atoms with E-state index in [1.54, 1.807) is 48.5 Å². The zero-order valence-corrected chi connectivity index (χ0v) is 18.0. The summed E-state index contributed by atoms with van der Waals surface area (Å²) in [4.78, 5) is 36.2. The van der Waals surface area contributed by atoms with Crippen LogP contribution in [0.15, 0.2) is 59.1 Å². The molecule has 1 aliphatic rings. The molecule has 7 nitrogen and oxygen atoms in total. The zero-order chi connectivity index (χ0) is 22.4. The number of amides is 2. The highest BCUT2D eigenvalue weighted by Crippen LogP contribution is 2.36. The quantitative estimate of drug-likeness (QED) is 0.640. The van der Waals surface area contributed by atoms with E-state index in [9.17, 15) is 19.6 Å². The van der Waals surface area contributed by atoms with Crippen molar-refractivity contribution in [1.82, 2.24) is 5.32 Å². The number of nitriles is 1. The number of anilines is 1. The van der Waals surface area contributed by atoms with E-state index in [1.807, 2.05) is 0 Å². The number of halogens is 1. The first-order valence-electron chi connectivity index (χ1n) is 9.22. The van der Waals surface area contributed by atoms with Gasteiger partial charge in [0.1, 0.15) is 0 Å². The number of methoxy groups -OCH3 is 1. The predicted octanol–water partition coefficient (Wildman–Crippen LogP) is 3.84. The predicted molar refractivity (Wildman–Crippen MR) is 118 cm³/mol. The number of esters is 1. The number of rotatable bonds is 6.